The van der Waals surface area contributed by atoms with Crippen molar-refractivity contribution in [2.45, 2.75) is 44.1 Å². The summed E-state index contributed by atoms with van der Waals surface area (Å²) >= 11 is 0. The lowest BCUT2D eigenvalue weighted by atomic mass is 9.61. The molecule has 1 saturated carbocycles. The molecule has 1 fully saturated rings. The van der Waals surface area contributed by atoms with E-state index in [9.17, 15) is 5.11 Å². The van der Waals surface area contributed by atoms with Crippen LogP contribution in [-0.4, -0.2) is 52.4 Å². The number of aromatic nitrogens is 2. The van der Waals surface area contributed by atoms with Crippen LogP contribution in [0.3, 0.4) is 0 Å². The Morgan fingerprint density at radius 3 is 2.68 bits per heavy atom. The fourth-order valence-electron chi connectivity index (χ4n) is 6.06. The molecule has 2 bridgehead atoms. The Hall–Kier alpha value is -2.63. The number of methoxy groups -OCH3 is 1. The van der Waals surface area contributed by atoms with Gasteiger partial charge in [0.1, 0.15) is 17.1 Å². The monoisotopic (exact) mass is 459 g/mol. The molecule has 3 aliphatic carbocycles. The minimum absolute atomic E-state index is 0.274. The van der Waals surface area contributed by atoms with Gasteiger partial charge in [0, 0.05) is 25.9 Å². The van der Waals surface area contributed by atoms with Gasteiger partial charge in [0.2, 0.25) is 0 Å². The standard InChI is InChI=1S/C29H37N3O2/c1-31(17-8-13-27-30-28-25(32(27)2)11-7-12-26(28)34-3)18-16-29(33)20-22-14-15-23(29)19-24(22)21-9-5-4-6-10-21/h4-7,9-12,19,22-23,33H,8,13-18,20H2,1-3H3/t22-,23-,29+/m0/s1. The van der Waals surface area contributed by atoms with Crippen molar-refractivity contribution in [2.24, 2.45) is 18.9 Å². The van der Waals surface area contributed by atoms with E-state index in [1.807, 2.05) is 12.1 Å². The number of ether oxygens (including phenoxy) is 1. The van der Waals surface area contributed by atoms with Crippen LogP contribution in [0.4, 0.5) is 0 Å². The van der Waals surface area contributed by atoms with Gasteiger partial charge in [0.15, 0.2) is 0 Å². The molecule has 34 heavy (non-hydrogen) atoms. The van der Waals surface area contributed by atoms with Gasteiger partial charge in [-0.2, -0.15) is 0 Å². The van der Waals surface area contributed by atoms with E-state index in [1.54, 1.807) is 7.11 Å². The third kappa shape index (κ3) is 4.39. The number of allylic oxidation sites excluding steroid dienone is 1. The zero-order valence-electron chi connectivity index (χ0n) is 20.7. The Balaban J connectivity index is 1.15. The molecule has 1 N–H and O–H groups in total. The van der Waals surface area contributed by atoms with E-state index >= 15 is 0 Å². The quantitative estimate of drug-likeness (QED) is 0.485. The Labute approximate surface area is 203 Å². The third-order valence-electron chi connectivity index (χ3n) is 8.10. The number of hydrogen-bond donors (Lipinski definition) is 1. The number of aliphatic hydroxyl groups is 1. The first-order valence-corrected chi connectivity index (χ1v) is 12.6. The number of nitrogens with zero attached hydrogens (tertiary/aromatic N) is 3. The van der Waals surface area contributed by atoms with E-state index in [4.69, 9.17) is 9.72 Å². The number of hydrogen-bond acceptors (Lipinski definition) is 4. The number of para-hydroxylation sites is 1. The van der Waals surface area contributed by atoms with Gasteiger partial charge < -0.3 is 19.3 Å². The van der Waals surface area contributed by atoms with Crippen molar-refractivity contribution in [3.8, 4) is 5.75 Å². The molecule has 6 rings (SSSR count). The highest BCUT2D eigenvalue weighted by molar-refractivity contribution is 5.82. The summed E-state index contributed by atoms with van der Waals surface area (Å²) in [6.07, 6.45) is 8.40. The number of aryl methyl sites for hydroxylation is 2. The van der Waals surface area contributed by atoms with Crippen LogP contribution in [-0.2, 0) is 13.5 Å². The fourth-order valence-corrected chi connectivity index (χ4v) is 6.06. The molecule has 0 saturated heterocycles. The molecule has 0 spiro atoms. The summed E-state index contributed by atoms with van der Waals surface area (Å²) < 4.78 is 7.65. The van der Waals surface area contributed by atoms with E-state index in [1.165, 1.54) is 17.6 Å². The molecular formula is C29H37N3O2. The Bertz CT molecular complexity index is 1170. The Morgan fingerprint density at radius 1 is 1.12 bits per heavy atom. The van der Waals surface area contributed by atoms with Crippen LogP contribution < -0.4 is 4.74 Å². The fraction of sp³-hybridized carbons (Fsp3) is 0.483. The topological polar surface area (TPSA) is 50.5 Å². The molecule has 3 aliphatic rings. The first kappa shape index (κ1) is 23.1. The zero-order chi connectivity index (χ0) is 23.7. The molecule has 3 aromatic rings. The van der Waals surface area contributed by atoms with Crippen LogP contribution in [0.15, 0.2) is 54.6 Å². The Kier molecular flexibility index (Phi) is 6.50. The summed E-state index contributed by atoms with van der Waals surface area (Å²) in [7, 11) is 5.95. The van der Waals surface area contributed by atoms with Crippen molar-refractivity contribution in [1.29, 1.82) is 0 Å². The highest BCUT2D eigenvalue weighted by atomic mass is 16.5. The highest BCUT2D eigenvalue weighted by Crippen LogP contribution is 2.51. The SMILES string of the molecule is COc1cccc2c1nc(CCCN(C)CC[C@@]1(O)C[C@@H]3CC[C@H]1C=C3c1ccccc1)n2C. The minimum Gasteiger partial charge on any atom is -0.494 e. The lowest BCUT2D eigenvalue weighted by Gasteiger charge is -2.48. The molecule has 5 nitrogen and oxygen atoms in total. The molecule has 0 radical (unpaired) electrons. The van der Waals surface area contributed by atoms with Gasteiger partial charge in [-0.3, -0.25) is 0 Å². The van der Waals surface area contributed by atoms with Crippen molar-refractivity contribution >= 4 is 16.6 Å². The van der Waals surface area contributed by atoms with Crippen molar-refractivity contribution in [2.75, 3.05) is 27.2 Å². The van der Waals surface area contributed by atoms with E-state index < -0.39 is 5.60 Å². The molecule has 180 valence electrons. The summed E-state index contributed by atoms with van der Waals surface area (Å²) in [6.45, 7) is 1.92. The van der Waals surface area contributed by atoms with Gasteiger partial charge in [0.25, 0.3) is 0 Å². The second-order valence-corrected chi connectivity index (χ2v) is 10.2. The van der Waals surface area contributed by atoms with E-state index in [0.29, 0.717) is 5.92 Å². The highest BCUT2D eigenvalue weighted by Gasteiger charge is 2.46. The Morgan fingerprint density at radius 2 is 1.94 bits per heavy atom. The number of fused-ring (bicyclic) bond motifs is 3. The summed E-state index contributed by atoms with van der Waals surface area (Å²) in [5, 5.41) is 11.5. The molecule has 2 aromatic carbocycles. The third-order valence-corrected chi connectivity index (χ3v) is 8.10. The molecule has 0 unspecified atom stereocenters. The van der Waals surface area contributed by atoms with Gasteiger partial charge >= 0.3 is 0 Å². The van der Waals surface area contributed by atoms with Crippen LogP contribution in [0, 0.1) is 11.8 Å². The van der Waals surface area contributed by atoms with E-state index in [0.717, 1.165) is 67.8 Å². The molecule has 1 aromatic heterocycles. The summed E-state index contributed by atoms with van der Waals surface area (Å²) in [5.41, 5.74) is 4.27. The molecular weight excluding hydrogens is 422 g/mol. The molecule has 5 heteroatoms. The average molecular weight is 460 g/mol. The maximum Gasteiger partial charge on any atom is 0.146 e. The van der Waals surface area contributed by atoms with Gasteiger partial charge in [-0.1, -0.05) is 42.5 Å². The molecule has 3 atom stereocenters. The average Bonchev–Trinajstić information content (AvgIpc) is 3.19. The normalized spacial score (nSPS) is 24.1. The largest absolute Gasteiger partial charge is 0.494 e. The van der Waals surface area contributed by atoms with E-state index in [-0.39, 0.29) is 5.92 Å². The smallest absolute Gasteiger partial charge is 0.146 e. The first-order valence-electron chi connectivity index (χ1n) is 12.6. The maximum absolute atomic E-state index is 11.5. The maximum atomic E-state index is 11.5. The minimum atomic E-state index is -0.566. The van der Waals surface area contributed by atoms with Crippen molar-refractivity contribution in [3.05, 3.63) is 66.0 Å². The summed E-state index contributed by atoms with van der Waals surface area (Å²) in [4.78, 5) is 7.21. The second kappa shape index (κ2) is 9.55. The second-order valence-electron chi connectivity index (χ2n) is 10.2. The predicted molar refractivity (Wildman–Crippen MR) is 138 cm³/mol. The van der Waals surface area contributed by atoms with Gasteiger partial charge in [-0.25, -0.2) is 4.98 Å². The van der Waals surface area contributed by atoms with Crippen LogP contribution in [0.25, 0.3) is 16.6 Å². The van der Waals surface area contributed by atoms with Crippen LogP contribution in [0.1, 0.15) is 43.5 Å². The molecule has 0 amide bonds. The van der Waals surface area contributed by atoms with Gasteiger partial charge in [-0.15, -0.1) is 0 Å². The van der Waals surface area contributed by atoms with E-state index in [2.05, 4.69) is 66.0 Å². The zero-order valence-corrected chi connectivity index (χ0v) is 20.7. The van der Waals surface area contributed by atoms with Crippen LogP contribution in [0.2, 0.25) is 0 Å². The summed E-state index contributed by atoms with van der Waals surface area (Å²) in [6, 6.07) is 16.8. The lowest BCUT2D eigenvalue weighted by Crippen LogP contribution is -2.48. The lowest BCUT2D eigenvalue weighted by molar-refractivity contribution is -0.0574. The van der Waals surface area contributed by atoms with Gasteiger partial charge in [-0.05, 0) is 74.9 Å². The number of imidazole rings is 1. The molecule has 0 aliphatic heterocycles. The van der Waals surface area contributed by atoms with Crippen LogP contribution in [0.5, 0.6) is 5.75 Å². The number of rotatable bonds is 9. The predicted octanol–water partition coefficient (Wildman–Crippen LogP) is 5.08. The summed E-state index contributed by atoms with van der Waals surface area (Å²) in [5.74, 6) is 2.68. The van der Waals surface area contributed by atoms with Crippen LogP contribution >= 0.6 is 0 Å². The van der Waals surface area contributed by atoms with Gasteiger partial charge in [0.05, 0.1) is 18.2 Å². The van der Waals surface area contributed by atoms with Crippen molar-refractivity contribution in [3.63, 3.8) is 0 Å². The van der Waals surface area contributed by atoms with Crippen molar-refractivity contribution < 1.29 is 9.84 Å². The first-order chi connectivity index (χ1) is 16.5. The van der Waals surface area contributed by atoms with Crippen molar-refractivity contribution in [1.82, 2.24) is 14.5 Å². The molecule has 1 heterocycles. The number of benzene rings is 2.